The molecule has 0 aliphatic heterocycles. The Labute approximate surface area is 225 Å². The number of carbonyl (C=O) groups excluding carboxylic acids is 2. The summed E-state index contributed by atoms with van der Waals surface area (Å²) in [5.74, 6) is -2.59. The first-order chi connectivity index (χ1) is 18.8. The fourth-order valence-electron chi connectivity index (χ4n) is 5.72. The lowest BCUT2D eigenvalue weighted by Crippen LogP contribution is -2.37. The van der Waals surface area contributed by atoms with Crippen molar-refractivity contribution in [2.75, 3.05) is 0 Å². The van der Waals surface area contributed by atoms with Gasteiger partial charge in [0.25, 0.3) is 5.91 Å². The number of amides is 2. The molecule has 3 saturated carbocycles. The number of nitrogens with one attached hydrogen (secondary N) is 2. The number of fused-ring (bicyclic) bond motifs is 1. The van der Waals surface area contributed by atoms with Crippen molar-refractivity contribution in [3.63, 3.8) is 0 Å². The Hall–Kier alpha value is -3.37. The summed E-state index contributed by atoms with van der Waals surface area (Å²) in [5.41, 5.74) is 3.09. The molecule has 0 bridgehead atoms. The SMILES string of the molecule is CCCC(=O)N[C@@H](c1cnn2cc([C@@H](NC(=O)c3conc3C3CC3)C3CCC(F)(F)CC3)nc2c1)C1CC1. The number of hydrogen-bond acceptors (Lipinski definition) is 6. The van der Waals surface area contributed by atoms with Gasteiger partial charge in [-0.15, -0.1) is 0 Å². The summed E-state index contributed by atoms with van der Waals surface area (Å²) in [6, 6.07) is 1.24. The van der Waals surface area contributed by atoms with Crippen LogP contribution in [0.5, 0.6) is 0 Å². The summed E-state index contributed by atoms with van der Waals surface area (Å²) < 4.78 is 34.8. The normalized spacial score (nSPS) is 21.0. The predicted molar refractivity (Wildman–Crippen MR) is 137 cm³/mol. The third-order valence-corrected chi connectivity index (χ3v) is 8.25. The summed E-state index contributed by atoms with van der Waals surface area (Å²) in [6.45, 7) is 1.98. The highest BCUT2D eigenvalue weighted by Crippen LogP contribution is 2.44. The van der Waals surface area contributed by atoms with Crippen molar-refractivity contribution < 1.29 is 22.9 Å². The lowest BCUT2D eigenvalue weighted by Gasteiger charge is -2.33. The largest absolute Gasteiger partial charge is 0.364 e. The van der Waals surface area contributed by atoms with Crippen LogP contribution >= 0.6 is 0 Å². The second-order valence-electron chi connectivity index (χ2n) is 11.4. The summed E-state index contributed by atoms with van der Waals surface area (Å²) in [6.07, 6.45) is 10.3. The molecule has 2 amide bonds. The van der Waals surface area contributed by atoms with Crippen molar-refractivity contribution in [3.05, 3.63) is 47.2 Å². The molecule has 208 valence electrons. The van der Waals surface area contributed by atoms with Crippen molar-refractivity contribution in [2.24, 2.45) is 11.8 Å². The third-order valence-electron chi connectivity index (χ3n) is 8.25. The van der Waals surface area contributed by atoms with Gasteiger partial charge in [0.1, 0.15) is 11.8 Å². The van der Waals surface area contributed by atoms with Gasteiger partial charge in [-0.25, -0.2) is 18.3 Å². The van der Waals surface area contributed by atoms with Crippen LogP contribution < -0.4 is 10.6 Å². The molecule has 3 aromatic rings. The lowest BCUT2D eigenvalue weighted by molar-refractivity contribution is -0.122. The van der Waals surface area contributed by atoms with E-state index in [0.717, 1.165) is 37.7 Å². The first-order valence-electron chi connectivity index (χ1n) is 14.1. The summed E-state index contributed by atoms with van der Waals surface area (Å²) in [5, 5.41) is 14.8. The van der Waals surface area contributed by atoms with Gasteiger partial charge < -0.3 is 15.2 Å². The highest BCUT2D eigenvalue weighted by Gasteiger charge is 2.40. The zero-order valence-electron chi connectivity index (χ0n) is 22.0. The minimum absolute atomic E-state index is 0.0227. The molecule has 39 heavy (non-hydrogen) atoms. The smallest absolute Gasteiger partial charge is 0.257 e. The molecule has 3 aliphatic carbocycles. The Morgan fingerprint density at radius 3 is 2.54 bits per heavy atom. The standard InChI is InChI=1S/C28H34F2N6O3/c1-2-3-23(37)33-24(16-4-5-16)19-12-22-32-21(14-36(22)31-13-19)26(18-8-10-28(29,30)11-9-18)34-27(38)20-15-39-35-25(20)17-6-7-17/h12-18,24,26H,2-11H2,1H3,(H,33,37)(H,34,38)/t24-,26+/m1/s1. The van der Waals surface area contributed by atoms with Crippen LogP contribution in [0.3, 0.4) is 0 Å². The lowest BCUT2D eigenvalue weighted by atomic mass is 9.81. The van der Waals surface area contributed by atoms with E-state index in [4.69, 9.17) is 9.51 Å². The number of carbonyl (C=O) groups is 2. The molecule has 3 heterocycles. The average Bonchev–Trinajstić information content (AvgIpc) is 3.84. The molecular formula is C28H34F2N6O3. The van der Waals surface area contributed by atoms with Crippen LogP contribution in [0.2, 0.25) is 0 Å². The number of alkyl halides is 2. The molecule has 11 heteroatoms. The monoisotopic (exact) mass is 540 g/mol. The number of halogens is 2. The molecule has 2 N–H and O–H groups in total. The van der Waals surface area contributed by atoms with E-state index >= 15 is 0 Å². The van der Waals surface area contributed by atoms with Gasteiger partial charge in [-0.05, 0) is 68.4 Å². The van der Waals surface area contributed by atoms with Crippen LogP contribution in [-0.2, 0) is 4.79 Å². The number of rotatable bonds is 10. The molecule has 2 atom stereocenters. The maximum absolute atomic E-state index is 14.0. The van der Waals surface area contributed by atoms with E-state index in [9.17, 15) is 18.4 Å². The molecule has 3 aromatic heterocycles. The molecule has 0 spiro atoms. The van der Waals surface area contributed by atoms with Crippen LogP contribution in [0.1, 0.15) is 116 Å². The quantitative estimate of drug-likeness (QED) is 0.363. The van der Waals surface area contributed by atoms with Crippen LogP contribution in [0, 0.1) is 11.8 Å². The topological polar surface area (TPSA) is 114 Å². The summed E-state index contributed by atoms with van der Waals surface area (Å²) in [4.78, 5) is 30.5. The van der Waals surface area contributed by atoms with Crippen LogP contribution in [-0.4, -0.2) is 37.5 Å². The van der Waals surface area contributed by atoms with Gasteiger partial charge in [-0.3, -0.25) is 9.59 Å². The second-order valence-corrected chi connectivity index (χ2v) is 11.4. The van der Waals surface area contributed by atoms with Crippen LogP contribution in [0.25, 0.3) is 5.65 Å². The van der Waals surface area contributed by atoms with Crippen molar-refractivity contribution in [1.82, 2.24) is 30.4 Å². The zero-order chi connectivity index (χ0) is 27.1. The van der Waals surface area contributed by atoms with Gasteiger partial charge in [0.15, 0.2) is 5.65 Å². The Morgan fingerprint density at radius 1 is 1.10 bits per heavy atom. The summed E-state index contributed by atoms with van der Waals surface area (Å²) >= 11 is 0. The third kappa shape index (κ3) is 5.67. The van der Waals surface area contributed by atoms with Crippen molar-refractivity contribution >= 4 is 17.5 Å². The van der Waals surface area contributed by atoms with E-state index in [1.165, 1.54) is 6.26 Å². The maximum Gasteiger partial charge on any atom is 0.257 e. The molecule has 0 radical (unpaired) electrons. The zero-order valence-corrected chi connectivity index (χ0v) is 22.0. The molecule has 3 fully saturated rings. The van der Waals surface area contributed by atoms with Crippen LogP contribution in [0.4, 0.5) is 8.78 Å². The van der Waals surface area contributed by atoms with E-state index < -0.39 is 12.0 Å². The Kier molecular flexibility index (Phi) is 6.84. The van der Waals surface area contributed by atoms with Gasteiger partial charge in [0.2, 0.25) is 11.8 Å². The Bertz CT molecular complexity index is 1350. The van der Waals surface area contributed by atoms with E-state index in [0.29, 0.717) is 34.9 Å². The van der Waals surface area contributed by atoms with Crippen molar-refractivity contribution in [1.29, 1.82) is 0 Å². The summed E-state index contributed by atoms with van der Waals surface area (Å²) in [7, 11) is 0. The second kappa shape index (κ2) is 10.3. The van der Waals surface area contributed by atoms with Gasteiger partial charge >= 0.3 is 0 Å². The fourth-order valence-corrected chi connectivity index (χ4v) is 5.72. The Balaban J connectivity index is 1.28. The average molecular weight is 541 g/mol. The molecular weight excluding hydrogens is 506 g/mol. The van der Waals surface area contributed by atoms with E-state index in [1.807, 2.05) is 13.0 Å². The van der Waals surface area contributed by atoms with E-state index in [-0.39, 0.29) is 55.4 Å². The minimum Gasteiger partial charge on any atom is -0.364 e. The maximum atomic E-state index is 14.0. The number of nitrogens with zero attached hydrogens (tertiary/aromatic N) is 4. The van der Waals surface area contributed by atoms with E-state index in [1.54, 1.807) is 16.9 Å². The van der Waals surface area contributed by atoms with Gasteiger partial charge in [-0.2, -0.15) is 5.10 Å². The highest BCUT2D eigenvalue weighted by atomic mass is 19.3. The highest BCUT2D eigenvalue weighted by molar-refractivity contribution is 5.95. The minimum atomic E-state index is -2.69. The molecule has 0 unspecified atom stereocenters. The van der Waals surface area contributed by atoms with E-state index in [2.05, 4.69) is 20.9 Å². The molecule has 6 rings (SSSR count). The molecule has 0 saturated heterocycles. The predicted octanol–water partition coefficient (Wildman–Crippen LogP) is 5.26. The Morgan fingerprint density at radius 2 is 1.85 bits per heavy atom. The number of imidazole rings is 1. The van der Waals surface area contributed by atoms with Gasteiger partial charge in [0.05, 0.1) is 35.9 Å². The fraction of sp³-hybridized carbons (Fsp3) is 0.607. The van der Waals surface area contributed by atoms with Gasteiger partial charge in [0, 0.05) is 25.2 Å². The molecule has 9 nitrogen and oxygen atoms in total. The molecule has 0 aromatic carbocycles. The van der Waals surface area contributed by atoms with Crippen LogP contribution in [0.15, 0.2) is 29.2 Å². The van der Waals surface area contributed by atoms with Crippen molar-refractivity contribution in [3.8, 4) is 0 Å². The van der Waals surface area contributed by atoms with Crippen molar-refractivity contribution in [2.45, 2.75) is 95.1 Å². The molecule has 3 aliphatic rings. The number of hydrogen-bond donors (Lipinski definition) is 2. The first-order valence-corrected chi connectivity index (χ1v) is 14.1. The first kappa shape index (κ1) is 25.9. The van der Waals surface area contributed by atoms with Gasteiger partial charge in [-0.1, -0.05) is 12.1 Å². The number of aromatic nitrogens is 4.